The molecule has 114 valence electrons. The van der Waals surface area contributed by atoms with Crippen LogP contribution in [0.3, 0.4) is 0 Å². The predicted molar refractivity (Wildman–Crippen MR) is 82.9 cm³/mol. The minimum atomic E-state index is -0.571. The van der Waals surface area contributed by atoms with Gasteiger partial charge in [0, 0.05) is 11.6 Å². The van der Waals surface area contributed by atoms with Crippen molar-refractivity contribution in [1.29, 1.82) is 0 Å². The number of carbonyl (C=O) groups excluding carboxylic acids is 2. The summed E-state index contributed by atoms with van der Waals surface area (Å²) in [6.07, 6.45) is -0.373. The number of halogens is 2. The van der Waals surface area contributed by atoms with E-state index >= 15 is 0 Å². The summed E-state index contributed by atoms with van der Waals surface area (Å²) in [5.74, 6) is -1.56. The van der Waals surface area contributed by atoms with Crippen molar-refractivity contribution in [3.05, 3.63) is 64.9 Å². The monoisotopic (exact) mass is 320 g/mol. The Labute approximate surface area is 132 Å². The standard InChI is InChI=1S/C16H14ClFN2O2/c17-12-7-5-11(6-8-12)10-19-15(21)9-16(22)20-14-4-2-1-3-13(14)18/h1-8H,9-10H2,(H,19,21)(H,20,22). The zero-order chi connectivity index (χ0) is 15.9. The number of anilines is 1. The Hall–Kier alpha value is -2.40. The molecule has 0 aliphatic rings. The molecule has 0 fully saturated rings. The summed E-state index contributed by atoms with van der Waals surface area (Å²) < 4.78 is 13.4. The maximum Gasteiger partial charge on any atom is 0.233 e. The number of hydrogen-bond donors (Lipinski definition) is 2. The minimum Gasteiger partial charge on any atom is -0.352 e. The van der Waals surface area contributed by atoms with E-state index in [0.29, 0.717) is 11.6 Å². The van der Waals surface area contributed by atoms with Crippen LogP contribution >= 0.6 is 11.6 Å². The van der Waals surface area contributed by atoms with Gasteiger partial charge in [-0.2, -0.15) is 0 Å². The topological polar surface area (TPSA) is 58.2 Å². The van der Waals surface area contributed by atoms with Crippen LogP contribution in [0.2, 0.25) is 5.02 Å². The SMILES string of the molecule is O=C(CC(=O)Nc1ccccc1F)NCc1ccc(Cl)cc1. The van der Waals surface area contributed by atoms with Gasteiger partial charge >= 0.3 is 0 Å². The number of nitrogens with one attached hydrogen (secondary N) is 2. The second-order valence-corrected chi connectivity index (χ2v) is 5.04. The van der Waals surface area contributed by atoms with Crippen LogP contribution < -0.4 is 10.6 Å². The molecule has 2 amide bonds. The Morgan fingerprint density at radius 3 is 2.36 bits per heavy atom. The number of rotatable bonds is 5. The Bertz CT molecular complexity index is 674. The fraction of sp³-hybridized carbons (Fsp3) is 0.125. The normalized spacial score (nSPS) is 10.1. The summed E-state index contributed by atoms with van der Waals surface area (Å²) in [7, 11) is 0. The summed E-state index contributed by atoms with van der Waals surface area (Å²) in [5.41, 5.74) is 0.922. The first-order valence-corrected chi connectivity index (χ1v) is 6.98. The van der Waals surface area contributed by atoms with E-state index in [9.17, 15) is 14.0 Å². The molecule has 2 rings (SSSR count). The van der Waals surface area contributed by atoms with Gasteiger partial charge in [-0.15, -0.1) is 0 Å². The summed E-state index contributed by atoms with van der Waals surface area (Å²) in [4.78, 5) is 23.4. The molecular formula is C16H14ClFN2O2. The van der Waals surface area contributed by atoms with E-state index < -0.39 is 17.6 Å². The van der Waals surface area contributed by atoms with Gasteiger partial charge in [-0.1, -0.05) is 35.9 Å². The second kappa shape index (κ2) is 7.56. The van der Waals surface area contributed by atoms with E-state index in [1.807, 2.05) is 0 Å². The van der Waals surface area contributed by atoms with Crippen LogP contribution in [0.4, 0.5) is 10.1 Å². The number of para-hydroxylation sites is 1. The molecule has 22 heavy (non-hydrogen) atoms. The van der Waals surface area contributed by atoms with Gasteiger partial charge in [0.2, 0.25) is 11.8 Å². The molecule has 0 aliphatic heterocycles. The quantitative estimate of drug-likeness (QED) is 0.832. The molecule has 0 radical (unpaired) electrons. The zero-order valence-corrected chi connectivity index (χ0v) is 12.4. The highest BCUT2D eigenvalue weighted by molar-refractivity contribution is 6.30. The largest absolute Gasteiger partial charge is 0.352 e. The molecule has 0 saturated heterocycles. The first-order chi connectivity index (χ1) is 10.5. The van der Waals surface area contributed by atoms with Gasteiger partial charge < -0.3 is 10.6 Å². The van der Waals surface area contributed by atoms with Gasteiger partial charge in [0.05, 0.1) is 5.69 Å². The van der Waals surface area contributed by atoms with Gasteiger partial charge in [-0.05, 0) is 29.8 Å². The number of benzene rings is 2. The molecule has 2 N–H and O–H groups in total. The van der Waals surface area contributed by atoms with Crippen molar-refractivity contribution in [1.82, 2.24) is 5.32 Å². The second-order valence-electron chi connectivity index (χ2n) is 4.61. The van der Waals surface area contributed by atoms with Crippen molar-refractivity contribution < 1.29 is 14.0 Å². The molecule has 0 aliphatic carbocycles. The van der Waals surface area contributed by atoms with Crippen LogP contribution in [0.15, 0.2) is 48.5 Å². The first kappa shape index (κ1) is 16.0. The van der Waals surface area contributed by atoms with Crippen LogP contribution in [0, 0.1) is 5.82 Å². The van der Waals surface area contributed by atoms with Gasteiger partial charge in [0.15, 0.2) is 0 Å². The highest BCUT2D eigenvalue weighted by Gasteiger charge is 2.11. The Morgan fingerprint density at radius 2 is 1.68 bits per heavy atom. The van der Waals surface area contributed by atoms with E-state index in [1.165, 1.54) is 18.2 Å². The molecular weight excluding hydrogens is 307 g/mol. The average Bonchev–Trinajstić information content (AvgIpc) is 2.49. The first-order valence-electron chi connectivity index (χ1n) is 6.60. The van der Waals surface area contributed by atoms with Crippen molar-refractivity contribution >= 4 is 29.1 Å². The lowest BCUT2D eigenvalue weighted by molar-refractivity contribution is -0.126. The van der Waals surface area contributed by atoms with E-state index in [2.05, 4.69) is 10.6 Å². The zero-order valence-electron chi connectivity index (χ0n) is 11.6. The third-order valence-electron chi connectivity index (χ3n) is 2.87. The smallest absolute Gasteiger partial charge is 0.233 e. The van der Waals surface area contributed by atoms with Gasteiger partial charge in [-0.25, -0.2) is 4.39 Å². The molecule has 4 nitrogen and oxygen atoms in total. The Kier molecular flexibility index (Phi) is 5.49. The van der Waals surface area contributed by atoms with E-state index in [0.717, 1.165) is 5.56 Å². The minimum absolute atomic E-state index is 0.0537. The Balaban J connectivity index is 1.80. The van der Waals surface area contributed by atoms with Gasteiger partial charge in [0.25, 0.3) is 0 Å². The lowest BCUT2D eigenvalue weighted by atomic mass is 10.2. The molecule has 0 heterocycles. The molecule has 0 bridgehead atoms. The summed E-state index contributed by atoms with van der Waals surface area (Å²) in [6, 6.07) is 12.8. The maximum absolute atomic E-state index is 13.4. The number of hydrogen-bond acceptors (Lipinski definition) is 2. The van der Waals surface area contributed by atoms with E-state index in [4.69, 9.17) is 11.6 Å². The van der Waals surface area contributed by atoms with Crippen molar-refractivity contribution in [2.24, 2.45) is 0 Å². The fourth-order valence-electron chi connectivity index (χ4n) is 1.77. The van der Waals surface area contributed by atoms with Crippen molar-refractivity contribution in [2.75, 3.05) is 5.32 Å². The van der Waals surface area contributed by atoms with Gasteiger partial charge in [0.1, 0.15) is 12.2 Å². The lowest BCUT2D eigenvalue weighted by Gasteiger charge is -2.07. The molecule has 2 aromatic carbocycles. The molecule has 0 unspecified atom stereocenters. The summed E-state index contributed by atoms with van der Waals surface area (Å²) in [6.45, 7) is 0.295. The third kappa shape index (κ3) is 4.86. The number of carbonyl (C=O) groups is 2. The highest BCUT2D eigenvalue weighted by atomic mass is 35.5. The Morgan fingerprint density at radius 1 is 1.00 bits per heavy atom. The number of amides is 2. The fourth-order valence-corrected chi connectivity index (χ4v) is 1.89. The maximum atomic E-state index is 13.4. The third-order valence-corrected chi connectivity index (χ3v) is 3.12. The van der Waals surface area contributed by atoms with Crippen molar-refractivity contribution in [2.45, 2.75) is 13.0 Å². The van der Waals surface area contributed by atoms with Crippen LogP contribution in [0.25, 0.3) is 0 Å². The highest BCUT2D eigenvalue weighted by Crippen LogP contribution is 2.12. The van der Waals surface area contributed by atoms with Crippen LogP contribution in [0.1, 0.15) is 12.0 Å². The predicted octanol–water partition coefficient (Wildman–Crippen LogP) is 3.12. The van der Waals surface area contributed by atoms with Crippen LogP contribution in [-0.4, -0.2) is 11.8 Å². The molecule has 0 aromatic heterocycles. The van der Waals surface area contributed by atoms with Gasteiger partial charge in [-0.3, -0.25) is 9.59 Å². The molecule has 2 aromatic rings. The van der Waals surface area contributed by atoms with Crippen molar-refractivity contribution in [3.8, 4) is 0 Å². The molecule has 0 atom stereocenters. The summed E-state index contributed by atoms with van der Waals surface area (Å²) in [5, 5.41) is 5.58. The lowest BCUT2D eigenvalue weighted by Crippen LogP contribution is -2.27. The van der Waals surface area contributed by atoms with Crippen LogP contribution in [0.5, 0.6) is 0 Å². The molecule has 0 saturated carbocycles. The average molecular weight is 321 g/mol. The van der Waals surface area contributed by atoms with E-state index in [1.54, 1.807) is 30.3 Å². The summed E-state index contributed by atoms with van der Waals surface area (Å²) >= 11 is 5.76. The van der Waals surface area contributed by atoms with Crippen molar-refractivity contribution in [3.63, 3.8) is 0 Å². The molecule has 0 spiro atoms. The molecule has 6 heteroatoms. The van der Waals surface area contributed by atoms with E-state index in [-0.39, 0.29) is 12.1 Å². The van der Waals surface area contributed by atoms with Crippen LogP contribution in [-0.2, 0) is 16.1 Å².